The van der Waals surface area contributed by atoms with Crippen LogP contribution in [0.1, 0.15) is 42.9 Å². The number of likely N-dealkylation sites (N-methyl/N-ethyl adjacent to an activating group) is 1. The Morgan fingerprint density at radius 2 is 2.00 bits per heavy atom. The van der Waals surface area contributed by atoms with Gasteiger partial charge < -0.3 is 21.3 Å². The van der Waals surface area contributed by atoms with Crippen LogP contribution in [-0.4, -0.2) is 42.4 Å². The molecule has 0 spiro atoms. The van der Waals surface area contributed by atoms with Crippen LogP contribution in [0.2, 0.25) is 0 Å². The second-order valence-electron chi connectivity index (χ2n) is 6.33. The first-order valence-corrected chi connectivity index (χ1v) is 8.56. The standard InChI is InChI=1S/C18H26N4O3/c1-12-7-3-4-8-13(12)14(21-18(19)25)11-16(23)22-10-6-5-9-15(22)17(24)20-2/h3-4,7-8,14-15H,5-6,9-11H2,1-2H3,(H,20,24)(H3,19,21,25)/t14-,15-/m1/s1. The quantitative estimate of drug-likeness (QED) is 0.746. The number of nitrogens with zero attached hydrogens (tertiary/aromatic N) is 1. The molecular formula is C18H26N4O3. The molecule has 1 aliphatic heterocycles. The number of carbonyl (C=O) groups is 3. The molecule has 0 saturated carbocycles. The topological polar surface area (TPSA) is 105 Å². The molecule has 0 aliphatic carbocycles. The third-order valence-corrected chi connectivity index (χ3v) is 4.63. The fourth-order valence-electron chi connectivity index (χ4n) is 3.35. The molecule has 2 atom stereocenters. The van der Waals surface area contributed by atoms with Crippen LogP contribution in [0, 0.1) is 6.92 Å². The van der Waals surface area contributed by atoms with Crippen molar-refractivity contribution in [3.8, 4) is 0 Å². The summed E-state index contributed by atoms with van der Waals surface area (Å²) in [7, 11) is 1.57. The van der Waals surface area contributed by atoms with E-state index in [1.54, 1.807) is 11.9 Å². The zero-order chi connectivity index (χ0) is 18.4. The smallest absolute Gasteiger partial charge is 0.312 e. The molecule has 4 N–H and O–H groups in total. The van der Waals surface area contributed by atoms with Gasteiger partial charge in [0.2, 0.25) is 11.8 Å². The molecule has 136 valence electrons. The first-order chi connectivity index (χ1) is 11.9. The van der Waals surface area contributed by atoms with Crippen LogP contribution in [0.3, 0.4) is 0 Å². The first kappa shape index (κ1) is 18.8. The number of piperidine rings is 1. The third kappa shape index (κ3) is 4.71. The van der Waals surface area contributed by atoms with Gasteiger partial charge in [-0.3, -0.25) is 9.59 Å². The fourth-order valence-corrected chi connectivity index (χ4v) is 3.35. The van der Waals surface area contributed by atoms with Crippen LogP contribution in [0.15, 0.2) is 24.3 Å². The second-order valence-corrected chi connectivity index (χ2v) is 6.33. The number of amides is 4. The summed E-state index contributed by atoms with van der Waals surface area (Å²) in [6, 6.07) is 5.91. The van der Waals surface area contributed by atoms with Gasteiger partial charge in [0.15, 0.2) is 0 Å². The molecule has 0 bridgehead atoms. The largest absolute Gasteiger partial charge is 0.357 e. The molecule has 7 heteroatoms. The monoisotopic (exact) mass is 346 g/mol. The number of rotatable bonds is 5. The van der Waals surface area contributed by atoms with Crippen LogP contribution in [0.5, 0.6) is 0 Å². The Hall–Kier alpha value is -2.57. The lowest BCUT2D eigenvalue weighted by atomic mass is 9.96. The van der Waals surface area contributed by atoms with Crippen molar-refractivity contribution in [2.75, 3.05) is 13.6 Å². The van der Waals surface area contributed by atoms with Crippen molar-refractivity contribution in [3.63, 3.8) is 0 Å². The summed E-state index contributed by atoms with van der Waals surface area (Å²) >= 11 is 0. The summed E-state index contributed by atoms with van der Waals surface area (Å²) in [5, 5.41) is 5.28. The van der Waals surface area contributed by atoms with E-state index >= 15 is 0 Å². The highest BCUT2D eigenvalue weighted by atomic mass is 16.2. The highest BCUT2D eigenvalue weighted by Gasteiger charge is 2.33. The summed E-state index contributed by atoms with van der Waals surface area (Å²) in [6.45, 7) is 2.47. The van der Waals surface area contributed by atoms with E-state index in [9.17, 15) is 14.4 Å². The van der Waals surface area contributed by atoms with Gasteiger partial charge in [0.25, 0.3) is 0 Å². The van der Waals surface area contributed by atoms with E-state index in [1.807, 2.05) is 31.2 Å². The maximum atomic E-state index is 12.9. The number of benzene rings is 1. The highest BCUT2D eigenvalue weighted by Crippen LogP contribution is 2.24. The van der Waals surface area contributed by atoms with E-state index in [4.69, 9.17) is 5.73 Å². The van der Waals surface area contributed by atoms with Crippen molar-refractivity contribution < 1.29 is 14.4 Å². The number of hydrogen-bond donors (Lipinski definition) is 3. The van der Waals surface area contributed by atoms with Crippen molar-refractivity contribution in [2.24, 2.45) is 5.73 Å². The normalized spacial score (nSPS) is 18.3. The van der Waals surface area contributed by atoms with E-state index in [1.165, 1.54) is 0 Å². The van der Waals surface area contributed by atoms with E-state index < -0.39 is 18.1 Å². The number of likely N-dealkylation sites (tertiary alicyclic amines) is 1. The fraction of sp³-hybridized carbons (Fsp3) is 0.500. The minimum atomic E-state index is -0.678. The Bertz CT molecular complexity index is 647. The van der Waals surface area contributed by atoms with E-state index in [0.29, 0.717) is 13.0 Å². The molecule has 1 heterocycles. The van der Waals surface area contributed by atoms with Crippen molar-refractivity contribution >= 4 is 17.8 Å². The Morgan fingerprint density at radius 1 is 1.28 bits per heavy atom. The summed E-state index contributed by atoms with van der Waals surface area (Å²) < 4.78 is 0. The van der Waals surface area contributed by atoms with Crippen LogP contribution in [0.25, 0.3) is 0 Å². The maximum absolute atomic E-state index is 12.9. The molecule has 1 aromatic rings. The number of primary amides is 1. The predicted octanol–water partition coefficient (Wildman–Crippen LogP) is 1.22. The number of urea groups is 1. The Kier molecular flexibility index (Phi) is 6.38. The van der Waals surface area contributed by atoms with Crippen molar-refractivity contribution in [3.05, 3.63) is 35.4 Å². The van der Waals surface area contributed by atoms with Crippen LogP contribution < -0.4 is 16.4 Å². The molecule has 1 fully saturated rings. The average molecular weight is 346 g/mol. The lowest BCUT2D eigenvalue weighted by molar-refractivity contribution is -0.142. The zero-order valence-corrected chi connectivity index (χ0v) is 14.7. The average Bonchev–Trinajstić information content (AvgIpc) is 2.60. The van der Waals surface area contributed by atoms with Crippen molar-refractivity contribution in [2.45, 2.75) is 44.7 Å². The van der Waals surface area contributed by atoms with Gasteiger partial charge in [0, 0.05) is 13.6 Å². The highest BCUT2D eigenvalue weighted by molar-refractivity contribution is 5.88. The van der Waals surface area contributed by atoms with Gasteiger partial charge >= 0.3 is 6.03 Å². The molecule has 2 rings (SSSR count). The van der Waals surface area contributed by atoms with E-state index in [0.717, 1.165) is 24.0 Å². The molecule has 0 aromatic heterocycles. The minimum absolute atomic E-state index is 0.0707. The second kappa shape index (κ2) is 8.50. The summed E-state index contributed by atoms with van der Waals surface area (Å²) in [5.74, 6) is -0.307. The number of nitrogens with one attached hydrogen (secondary N) is 2. The van der Waals surface area contributed by atoms with Gasteiger partial charge in [-0.15, -0.1) is 0 Å². The Morgan fingerprint density at radius 3 is 2.64 bits per heavy atom. The van der Waals surface area contributed by atoms with E-state index in [2.05, 4.69) is 10.6 Å². The molecule has 1 saturated heterocycles. The molecule has 0 radical (unpaired) electrons. The summed E-state index contributed by atoms with van der Waals surface area (Å²) in [6.07, 6.45) is 2.52. The predicted molar refractivity (Wildman–Crippen MR) is 94.7 cm³/mol. The third-order valence-electron chi connectivity index (χ3n) is 4.63. The van der Waals surface area contributed by atoms with Gasteiger partial charge in [0.05, 0.1) is 12.5 Å². The lowest BCUT2D eigenvalue weighted by Crippen LogP contribution is -2.52. The molecule has 4 amide bonds. The van der Waals surface area contributed by atoms with Crippen LogP contribution in [-0.2, 0) is 9.59 Å². The number of aryl methyl sites for hydroxylation is 1. The summed E-state index contributed by atoms with van der Waals surface area (Å²) in [4.78, 5) is 37.9. The van der Waals surface area contributed by atoms with Crippen LogP contribution in [0.4, 0.5) is 4.79 Å². The van der Waals surface area contributed by atoms with E-state index in [-0.39, 0.29) is 18.2 Å². The Balaban J connectivity index is 2.19. The van der Waals surface area contributed by atoms with Gasteiger partial charge in [-0.05, 0) is 37.3 Å². The zero-order valence-electron chi connectivity index (χ0n) is 14.7. The molecule has 1 aromatic carbocycles. The molecule has 0 unspecified atom stereocenters. The minimum Gasteiger partial charge on any atom is -0.357 e. The number of carbonyl (C=O) groups excluding carboxylic acids is 3. The molecule has 7 nitrogen and oxygen atoms in total. The van der Waals surface area contributed by atoms with Gasteiger partial charge in [0.1, 0.15) is 6.04 Å². The maximum Gasteiger partial charge on any atom is 0.312 e. The lowest BCUT2D eigenvalue weighted by Gasteiger charge is -2.35. The van der Waals surface area contributed by atoms with Gasteiger partial charge in [-0.1, -0.05) is 24.3 Å². The van der Waals surface area contributed by atoms with Crippen LogP contribution >= 0.6 is 0 Å². The van der Waals surface area contributed by atoms with Gasteiger partial charge in [-0.2, -0.15) is 0 Å². The van der Waals surface area contributed by atoms with Crippen molar-refractivity contribution in [1.82, 2.24) is 15.5 Å². The molecule has 25 heavy (non-hydrogen) atoms. The van der Waals surface area contributed by atoms with Crippen molar-refractivity contribution in [1.29, 1.82) is 0 Å². The number of hydrogen-bond acceptors (Lipinski definition) is 3. The van der Waals surface area contributed by atoms with Gasteiger partial charge in [-0.25, -0.2) is 4.79 Å². The molecule has 1 aliphatic rings. The summed E-state index contributed by atoms with van der Waals surface area (Å²) in [5.41, 5.74) is 7.11. The SMILES string of the molecule is CNC(=O)[C@H]1CCCCN1C(=O)C[C@@H](NC(N)=O)c1ccccc1C. The Labute approximate surface area is 147 Å². The number of nitrogens with two attached hydrogens (primary N) is 1. The first-order valence-electron chi connectivity index (χ1n) is 8.56. The molecular weight excluding hydrogens is 320 g/mol.